The molecular formula is C13H19N. The monoisotopic (exact) mass is 189 g/mol. The molecule has 0 radical (unpaired) electrons. The first kappa shape index (κ1) is 9.70. The summed E-state index contributed by atoms with van der Waals surface area (Å²) in [6, 6.07) is 4.33. The lowest BCUT2D eigenvalue weighted by molar-refractivity contribution is 0.316. The zero-order valence-electron chi connectivity index (χ0n) is 8.95. The Kier molecular flexibility index (Phi) is 3.18. The first-order valence-corrected chi connectivity index (χ1v) is 5.78. The first-order valence-electron chi connectivity index (χ1n) is 5.78. The molecule has 0 N–H and O–H groups in total. The third-order valence-corrected chi connectivity index (χ3v) is 3.59. The van der Waals surface area contributed by atoms with Gasteiger partial charge in [0, 0.05) is 12.4 Å². The number of nitrogens with zero attached hydrogens (tertiary/aromatic N) is 1. The fraction of sp³-hybridized carbons (Fsp3) is 0.615. The van der Waals surface area contributed by atoms with Gasteiger partial charge in [0.05, 0.1) is 0 Å². The average molecular weight is 189 g/mol. The van der Waals surface area contributed by atoms with Crippen LogP contribution >= 0.6 is 0 Å². The second-order valence-corrected chi connectivity index (χ2v) is 4.47. The number of hydrogen-bond acceptors (Lipinski definition) is 1. The topological polar surface area (TPSA) is 12.9 Å². The Hall–Kier alpha value is -0.850. The molecule has 1 saturated carbocycles. The van der Waals surface area contributed by atoms with Gasteiger partial charge in [-0.2, -0.15) is 0 Å². The van der Waals surface area contributed by atoms with Crippen LogP contribution in [0.2, 0.25) is 0 Å². The quantitative estimate of drug-likeness (QED) is 0.690. The fourth-order valence-corrected chi connectivity index (χ4v) is 2.57. The van der Waals surface area contributed by atoms with Crippen molar-refractivity contribution in [2.75, 3.05) is 0 Å². The van der Waals surface area contributed by atoms with Crippen molar-refractivity contribution >= 4 is 0 Å². The van der Waals surface area contributed by atoms with Crippen molar-refractivity contribution in [1.29, 1.82) is 0 Å². The van der Waals surface area contributed by atoms with E-state index in [2.05, 4.69) is 24.0 Å². The molecule has 1 aromatic rings. The molecule has 0 aliphatic heterocycles. The van der Waals surface area contributed by atoms with E-state index in [0.717, 1.165) is 11.8 Å². The van der Waals surface area contributed by atoms with Gasteiger partial charge in [0.1, 0.15) is 0 Å². The SMILES string of the molecule is C[C@H](c1ccncc1)C1CCCCC1. The van der Waals surface area contributed by atoms with E-state index < -0.39 is 0 Å². The maximum Gasteiger partial charge on any atom is 0.0270 e. The first-order chi connectivity index (χ1) is 6.88. The maximum absolute atomic E-state index is 4.07. The molecule has 0 bridgehead atoms. The Morgan fingerprint density at radius 3 is 2.43 bits per heavy atom. The van der Waals surface area contributed by atoms with Crippen LogP contribution in [0.4, 0.5) is 0 Å². The van der Waals surface area contributed by atoms with E-state index in [-0.39, 0.29) is 0 Å². The van der Waals surface area contributed by atoms with E-state index in [9.17, 15) is 0 Å². The van der Waals surface area contributed by atoms with Gasteiger partial charge in [-0.15, -0.1) is 0 Å². The normalized spacial score (nSPS) is 20.6. The van der Waals surface area contributed by atoms with Crippen LogP contribution in [-0.2, 0) is 0 Å². The largest absolute Gasteiger partial charge is 0.265 e. The van der Waals surface area contributed by atoms with Gasteiger partial charge >= 0.3 is 0 Å². The standard InChI is InChI=1S/C13H19N/c1-11(12-5-3-2-4-6-12)13-7-9-14-10-8-13/h7-12H,2-6H2,1H3/t11-/m0/s1. The summed E-state index contributed by atoms with van der Waals surface area (Å²) >= 11 is 0. The lowest BCUT2D eigenvalue weighted by atomic mass is 9.78. The number of hydrogen-bond donors (Lipinski definition) is 0. The average Bonchev–Trinajstić information content (AvgIpc) is 2.30. The van der Waals surface area contributed by atoms with Crippen molar-refractivity contribution in [3.63, 3.8) is 0 Å². The van der Waals surface area contributed by atoms with Gasteiger partial charge in [-0.25, -0.2) is 0 Å². The fourth-order valence-electron chi connectivity index (χ4n) is 2.57. The van der Waals surface area contributed by atoms with Gasteiger partial charge in [0.25, 0.3) is 0 Å². The van der Waals surface area contributed by atoms with Crippen LogP contribution in [0.3, 0.4) is 0 Å². The third kappa shape index (κ3) is 2.14. The van der Waals surface area contributed by atoms with Crippen molar-refractivity contribution in [1.82, 2.24) is 4.98 Å². The van der Waals surface area contributed by atoms with Gasteiger partial charge in [0.15, 0.2) is 0 Å². The van der Waals surface area contributed by atoms with Crippen molar-refractivity contribution in [3.05, 3.63) is 30.1 Å². The zero-order chi connectivity index (χ0) is 9.80. The number of aromatic nitrogens is 1. The molecule has 1 nitrogen and oxygen atoms in total. The van der Waals surface area contributed by atoms with Gasteiger partial charge < -0.3 is 0 Å². The predicted octanol–water partition coefficient (Wildman–Crippen LogP) is 3.77. The highest BCUT2D eigenvalue weighted by Crippen LogP contribution is 2.35. The maximum atomic E-state index is 4.07. The predicted molar refractivity (Wildman–Crippen MR) is 59.2 cm³/mol. The molecule has 1 fully saturated rings. The van der Waals surface area contributed by atoms with E-state index in [1.165, 1.54) is 37.7 Å². The van der Waals surface area contributed by atoms with Gasteiger partial charge in [0.2, 0.25) is 0 Å². The smallest absolute Gasteiger partial charge is 0.0270 e. The summed E-state index contributed by atoms with van der Waals surface area (Å²) in [7, 11) is 0. The van der Waals surface area contributed by atoms with Crippen LogP contribution < -0.4 is 0 Å². The van der Waals surface area contributed by atoms with Crippen molar-refractivity contribution in [3.8, 4) is 0 Å². The van der Waals surface area contributed by atoms with E-state index in [4.69, 9.17) is 0 Å². The van der Waals surface area contributed by atoms with Crippen LogP contribution in [0.25, 0.3) is 0 Å². The second kappa shape index (κ2) is 4.59. The molecule has 1 heterocycles. The van der Waals surface area contributed by atoms with Gasteiger partial charge in [-0.3, -0.25) is 4.98 Å². The summed E-state index contributed by atoms with van der Waals surface area (Å²) in [4.78, 5) is 4.07. The summed E-state index contributed by atoms with van der Waals surface area (Å²) in [6.07, 6.45) is 11.0. The molecule has 76 valence electrons. The summed E-state index contributed by atoms with van der Waals surface area (Å²) in [6.45, 7) is 2.37. The van der Waals surface area contributed by atoms with Crippen LogP contribution in [0.1, 0.15) is 50.5 Å². The Balaban J connectivity index is 2.03. The van der Waals surface area contributed by atoms with E-state index in [1.807, 2.05) is 12.4 Å². The molecule has 0 unspecified atom stereocenters. The lowest BCUT2D eigenvalue weighted by Gasteiger charge is -2.27. The van der Waals surface area contributed by atoms with Crippen molar-refractivity contribution in [2.45, 2.75) is 44.9 Å². The van der Waals surface area contributed by atoms with Crippen molar-refractivity contribution < 1.29 is 0 Å². The molecule has 0 saturated heterocycles. The van der Waals surface area contributed by atoms with Gasteiger partial charge in [-0.05, 0) is 42.4 Å². The Morgan fingerprint density at radius 1 is 1.14 bits per heavy atom. The highest BCUT2D eigenvalue weighted by atomic mass is 14.6. The molecule has 1 aromatic heterocycles. The Morgan fingerprint density at radius 2 is 1.79 bits per heavy atom. The molecule has 2 rings (SSSR count). The minimum Gasteiger partial charge on any atom is -0.265 e. The van der Waals surface area contributed by atoms with E-state index in [0.29, 0.717) is 0 Å². The van der Waals surface area contributed by atoms with Crippen LogP contribution in [-0.4, -0.2) is 4.98 Å². The third-order valence-electron chi connectivity index (χ3n) is 3.59. The highest BCUT2D eigenvalue weighted by molar-refractivity contribution is 5.15. The van der Waals surface area contributed by atoms with E-state index >= 15 is 0 Å². The van der Waals surface area contributed by atoms with Gasteiger partial charge in [-0.1, -0.05) is 26.2 Å². The summed E-state index contributed by atoms with van der Waals surface area (Å²) in [5, 5.41) is 0. The molecule has 1 heteroatoms. The van der Waals surface area contributed by atoms with Crippen molar-refractivity contribution in [2.24, 2.45) is 5.92 Å². The molecule has 1 atom stereocenters. The Bertz CT molecular complexity index is 262. The zero-order valence-corrected chi connectivity index (χ0v) is 8.95. The number of rotatable bonds is 2. The minimum atomic E-state index is 0.721. The summed E-state index contributed by atoms with van der Waals surface area (Å²) in [5.74, 6) is 1.63. The van der Waals surface area contributed by atoms with Crippen LogP contribution in [0, 0.1) is 5.92 Å². The molecule has 14 heavy (non-hydrogen) atoms. The molecule has 0 aromatic carbocycles. The van der Waals surface area contributed by atoms with Crippen LogP contribution in [0.15, 0.2) is 24.5 Å². The lowest BCUT2D eigenvalue weighted by Crippen LogP contribution is -2.13. The molecular weight excluding hydrogens is 170 g/mol. The molecule has 0 spiro atoms. The molecule has 1 aliphatic rings. The second-order valence-electron chi connectivity index (χ2n) is 4.47. The Labute approximate surface area is 86.6 Å². The number of pyridine rings is 1. The minimum absolute atomic E-state index is 0.721. The summed E-state index contributed by atoms with van der Waals surface area (Å²) < 4.78 is 0. The van der Waals surface area contributed by atoms with E-state index in [1.54, 1.807) is 0 Å². The molecule has 0 amide bonds. The highest BCUT2D eigenvalue weighted by Gasteiger charge is 2.20. The summed E-state index contributed by atoms with van der Waals surface area (Å²) in [5.41, 5.74) is 1.46. The van der Waals surface area contributed by atoms with Crippen LogP contribution in [0.5, 0.6) is 0 Å². The molecule has 1 aliphatic carbocycles.